The Morgan fingerprint density at radius 3 is 2.74 bits per heavy atom. The number of hydrogen-bond donors (Lipinski definition) is 3. The van der Waals surface area contributed by atoms with Gasteiger partial charge in [0.15, 0.2) is 0 Å². The van der Waals surface area contributed by atoms with Gasteiger partial charge in [0.25, 0.3) is 0 Å². The van der Waals surface area contributed by atoms with Crippen molar-refractivity contribution in [3.05, 3.63) is 16.1 Å². The number of carboxylic acid groups (broad SMARTS) is 1. The first-order valence-corrected chi connectivity index (χ1v) is 6.58. The molecule has 0 saturated carbocycles. The summed E-state index contributed by atoms with van der Waals surface area (Å²) >= 11 is 1.49. The van der Waals surface area contributed by atoms with Crippen LogP contribution >= 0.6 is 11.3 Å². The minimum atomic E-state index is -1.17. The molecule has 0 bridgehead atoms. The Morgan fingerprint density at radius 2 is 2.26 bits per heavy atom. The smallest absolute Gasteiger partial charge is 0.326 e. The van der Waals surface area contributed by atoms with E-state index in [1.54, 1.807) is 7.05 Å². The summed E-state index contributed by atoms with van der Waals surface area (Å²) in [6, 6.07) is -1.59. The van der Waals surface area contributed by atoms with Gasteiger partial charge in [-0.3, -0.25) is 0 Å². The van der Waals surface area contributed by atoms with Gasteiger partial charge in [-0.1, -0.05) is 0 Å². The number of nitrogens with zero attached hydrogens (tertiary/aromatic N) is 2. The average Bonchev–Trinajstić information content (AvgIpc) is 2.73. The number of thiazole rings is 1. The number of aliphatic hydroxyl groups excluding tert-OH is 1. The maximum Gasteiger partial charge on any atom is 0.326 e. The van der Waals surface area contributed by atoms with Gasteiger partial charge in [0.05, 0.1) is 17.2 Å². The van der Waals surface area contributed by atoms with Crippen LogP contribution in [0.2, 0.25) is 0 Å². The monoisotopic (exact) mass is 287 g/mol. The number of carbonyl (C=O) groups excluding carboxylic acids is 1. The third-order valence-electron chi connectivity index (χ3n) is 2.43. The molecule has 3 N–H and O–H groups in total. The van der Waals surface area contributed by atoms with Gasteiger partial charge in [-0.05, 0) is 6.92 Å². The standard InChI is InChI=1S/C11H17N3O4S/c1-7-12-8(6-19-7)5-14(2)11(18)13-9(3-4-15)10(16)17/h6,9,15H,3-5H2,1-2H3,(H,13,18)(H,16,17)/t9-/m1/s1. The molecule has 0 radical (unpaired) electrons. The van der Waals surface area contributed by atoms with Crippen LogP contribution in [0.4, 0.5) is 4.79 Å². The molecule has 2 amide bonds. The zero-order valence-electron chi connectivity index (χ0n) is 10.8. The van der Waals surface area contributed by atoms with E-state index in [2.05, 4.69) is 10.3 Å². The first-order chi connectivity index (χ1) is 8.93. The summed E-state index contributed by atoms with van der Waals surface area (Å²) < 4.78 is 0. The summed E-state index contributed by atoms with van der Waals surface area (Å²) in [5.41, 5.74) is 0.759. The van der Waals surface area contributed by atoms with Gasteiger partial charge in [-0.25, -0.2) is 14.6 Å². The first-order valence-electron chi connectivity index (χ1n) is 5.70. The van der Waals surface area contributed by atoms with Crippen molar-refractivity contribution in [1.82, 2.24) is 15.2 Å². The predicted molar refractivity (Wildman–Crippen MR) is 70.0 cm³/mol. The SMILES string of the molecule is Cc1nc(CN(C)C(=O)N[C@H](CCO)C(=O)O)cs1. The van der Waals surface area contributed by atoms with Crippen LogP contribution in [0.5, 0.6) is 0 Å². The molecule has 0 aliphatic heterocycles. The third kappa shape index (κ3) is 4.84. The Bertz CT molecular complexity index is 449. The van der Waals surface area contributed by atoms with Gasteiger partial charge in [-0.15, -0.1) is 11.3 Å². The number of urea groups is 1. The van der Waals surface area contributed by atoms with E-state index in [1.807, 2.05) is 12.3 Å². The number of nitrogens with one attached hydrogen (secondary N) is 1. The number of rotatable bonds is 6. The molecular weight excluding hydrogens is 270 g/mol. The van der Waals surface area contributed by atoms with Gasteiger partial charge in [-0.2, -0.15) is 0 Å². The van der Waals surface area contributed by atoms with Gasteiger partial charge in [0, 0.05) is 25.5 Å². The van der Waals surface area contributed by atoms with Crippen LogP contribution in [-0.2, 0) is 11.3 Å². The topological polar surface area (TPSA) is 103 Å². The van der Waals surface area contributed by atoms with Crippen molar-refractivity contribution in [2.75, 3.05) is 13.7 Å². The molecule has 106 valence electrons. The minimum Gasteiger partial charge on any atom is -0.480 e. The van der Waals surface area contributed by atoms with Crippen molar-refractivity contribution in [2.45, 2.75) is 25.9 Å². The fraction of sp³-hybridized carbons (Fsp3) is 0.545. The van der Waals surface area contributed by atoms with Crippen molar-refractivity contribution < 1.29 is 19.8 Å². The number of carbonyl (C=O) groups is 2. The fourth-order valence-electron chi connectivity index (χ4n) is 1.44. The van der Waals surface area contributed by atoms with Crippen molar-refractivity contribution >= 4 is 23.3 Å². The van der Waals surface area contributed by atoms with E-state index in [0.717, 1.165) is 10.7 Å². The van der Waals surface area contributed by atoms with Gasteiger partial charge in [0.2, 0.25) is 0 Å². The molecule has 1 atom stereocenters. The van der Waals surface area contributed by atoms with Crippen LogP contribution in [-0.4, -0.2) is 51.8 Å². The zero-order valence-corrected chi connectivity index (χ0v) is 11.6. The number of amides is 2. The maximum absolute atomic E-state index is 11.8. The predicted octanol–water partition coefficient (Wildman–Crippen LogP) is 0.429. The summed E-state index contributed by atoms with van der Waals surface area (Å²) in [7, 11) is 1.56. The molecule has 0 saturated heterocycles. The molecule has 0 aliphatic carbocycles. The highest BCUT2D eigenvalue weighted by atomic mass is 32.1. The second kappa shape index (κ2) is 7.05. The molecule has 7 nitrogen and oxygen atoms in total. The lowest BCUT2D eigenvalue weighted by Gasteiger charge is -2.20. The highest BCUT2D eigenvalue weighted by Crippen LogP contribution is 2.09. The Labute approximate surface area is 114 Å². The first kappa shape index (κ1) is 15.4. The number of hydrogen-bond acceptors (Lipinski definition) is 5. The minimum absolute atomic E-state index is 0.0231. The number of carboxylic acids is 1. The van der Waals surface area contributed by atoms with E-state index in [0.29, 0.717) is 6.54 Å². The Hall–Kier alpha value is -1.67. The second-order valence-electron chi connectivity index (χ2n) is 4.07. The molecule has 0 fully saturated rings. The van der Waals surface area contributed by atoms with Gasteiger partial charge >= 0.3 is 12.0 Å². The van der Waals surface area contributed by atoms with E-state index in [-0.39, 0.29) is 13.0 Å². The van der Waals surface area contributed by atoms with E-state index in [9.17, 15) is 9.59 Å². The van der Waals surface area contributed by atoms with Crippen LogP contribution in [0.15, 0.2) is 5.38 Å². The lowest BCUT2D eigenvalue weighted by atomic mass is 10.2. The van der Waals surface area contributed by atoms with Crippen LogP contribution in [0.1, 0.15) is 17.1 Å². The maximum atomic E-state index is 11.8. The molecule has 19 heavy (non-hydrogen) atoms. The molecule has 1 heterocycles. The Kier molecular flexibility index (Phi) is 5.71. The van der Waals surface area contributed by atoms with E-state index in [1.165, 1.54) is 16.2 Å². The molecule has 0 aliphatic rings. The summed E-state index contributed by atoms with van der Waals surface area (Å²) in [5, 5.41) is 22.7. The zero-order chi connectivity index (χ0) is 14.4. The second-order valence-corrected chi connectivity index (χ2v) is 5.13. The van der Waals surface area contributed by atoms with Crippen molar-refractivity contribution in [3.63, 3.8) is 0 Å². The van der Waals surface area contributed by atoms with E-state index >= 15 is 0 Å². The molecule has 0 aromatic carbocycles. The van der Waals surface area contributed by atoms with Crippen LogP contribution in [0.25, 0.3) is 0 Å². The number of aliphatic hydroxyl groups is 1. The highest BCUT2D eigenvalue weighted by Gasteiger charge is 2.21. The molecule has 0 unspecified atom stereocenters. The normalized spacial score (nSPS) is 11.9. The molecule has 1 rings (SSSR count). The Balaban J connectivity index is 2.54. The number of aliphatic carboxylic acids is 1. The van der Waals surface area contributed by atoms with Crippen LogP contribution < -0.4 is 5.32 Å². The quantitative estimate of drug-likeness (QED) is 0.704. The largest absolute Gasteiger partial charge is 0.480 e. The lowest BCUT2D eigenvalue weighted by Crippen LogP contribution is -2.46. The van der Waals surface area contributed by atoms with Crippen LogP contribution in [0, 0.1) is 6.92 Å². The average molecular weight is 287 g/mol. The molecule has 1 aromatic rings. The van der Waals surface area contributed by atoms with Crippen LogP contribution in [0.3, 0.4) is 0 Å². The summed E-state index contributed by atoms with van der Waals surface area (Å²) in [6.07, 6.45) is -0.0231. The van der Waals surface area contributed by atoms with Crippen molar-refractivity contribution in [1.29, 1.82) is 0 Å². The fourth-order valence-corrected chi connectivity index (χ4v) is 2.05. The molecular formula is C11H17N3O4S. The van der Waals surface area contributed by atoms with E-state index in [4.69, 9.17) is 10.2 Å². The highest BCUT2D eigenvalue weighted by molar-refractivity contribution is 7.09. The third-order valence-corrected chi connectivity index (χ3v) is 3.25. The molecule has 1 aromatic heterocycles. The van der Waals surface area contributed by atoms with Crippen molar-refractivity contribution in [3.8, 4) is 0 Å². The summed E-state index contributed by atoms with van der Waals surface area (Å²) in [5.74, 6) is -1.17. The molecule has 0 spiro atoms. The molecule has 8 heteroatoms. The number of aromatic nitrogens is 1. The Morgan fingerprint density at radius 1 is 1.58 bits per heavy atom. The summed E-state index contributed by atoms with van der Waals surface area (Å²) in [4.78, 5) is 28.2. The summed E-state index contributed by atoms with van der Waals surface area (Å²) in [6.45, 7) is 1.88. The number of aryl methyl sites for hydroxylation is 1. The van der Waals surface area contributed by atoms with Gasteiger partial charge < -0.3 is 20.4 Å². The van der Waals surface area contributed by atoms with Gasteiger partial charge in [0.1, 0.15) is 6.04 Å². The van der Waals surface area contributed by atoms with E-state index < -0.39 is 18.0 Å². The van der Waals surface area contributed by atoms with Crippen molar-refractivity contribution in [2.24, 2.45) is 0 Å². The lowest BCUT2D eigenvalue weighted by molar-refractivity contribution is -0.139.